The molecule has 2 saturated carbocycles. The van der Waals surface area contributed by atoms with Gasteiger partial charge in [-0.15, -0.1) is 11.8 Å². The van der Waals surface area contributed by atoms with Crippen LogP contribution in [0.4, 0.5) is 5.69 Å². The lowest BCUT2D eigenvalue weighted by Crippen LogP contribution is -2.45. The van der Waals surface area contributed by atoms with E-state index < -0.39 is 0 Å². The van der Waals surface area contributed by atoms with Crippen LogP contribution in [0.25, 0.3) is 0 Å². The lowest BCUT2D eigenvalue weighted by atomic mass is 9.50. The van der Waals surface area contributed by atoms with Crippen LogP contribution in [0.5, 0.6) is 0 Å². The number of rotatable bonds is 3. The van der Waals surface area contributed by atoms with Gasteiger partial charge >= 0.3 is 0 Å². The number of nitrogens with two attached hydrogens (primary N) is 1. The summed E-state index contributed by atoms with van der Waals surface area (Å²) < 4.78 is 0. The molecule has 6 atom stereocenters. The van der Waals surface area contributed by atoms with Crippen molar-refractivity contribution in [3.8, 4) is 11.8 Å². The molecular weight excluding hydrogens is 406 g/mol. The number of nitrogen functional groups attached to an aromatic ring is 1. The van der Waals surface area contributed by atoms with Crippen LogP contribution in [0.3, 0.4) is 0 Å². The Hall–Kier alpha value is -2.60. The number of hydrogen-bond donors (Lipinski definition) is 1. The van der Waals surface area contributed by atoms with E-state index in [0.717, 1.165) is 44.2 Å². The number of benzene rings is 1. The third-order valence-electron chi connectivity index (χ3n) is 9.28. The van der Waals surface area contributed by atoms with Gasteiger partial charge in [0.05, 0.1) is 0 Å². The van der Waals surface area contributed by atoms with E-state index in [9.17, 15) is 9.59 Å². The lowest BCUT2D eigenvalue weighted by molar-refractivity contribution is -0.125. The van der Waals surface area contributed by atoms with Gasteiger partial charge in [0.2, 0.25) is 0 Å². The van der Waals surface area contributed by atoms with Crippen LogP contribution in [0.1, 0.15) is 77.2 Å². The Balaban J connectivity index is 1.69. The maximum absolute atomic E-state index is 12.7. The van der Waals surface area contributed by atoms with Gasteiger partial charge in [0, 0.05) is 30.4 Å². The Labute approximate surface area is 197 Å². The molecule has 3 nitrogen and oxygen atoms in total. The van der Waals surface area contributed by atoms with Gasteiger partial charge in [-0.25, -0.2) is 0 Å². The van der Waals surface area contributed by atoms with Gasteiger partial charge in [0.1, 0.15) is 5.78 Å². The van der Waals surface area contributed by atoms with Crippen LogP contribution < -0.4 is 5.73 Å². The van der Waals surface area contributed by atoms with Crippen molar-refractivity contribution in [2.45, 2.75) is 71.6 Å². The van der Waals surface area contributed by atoms with Crippen LogP contribution in [0.2, 0.25) is 0 Å². The quantitative estimate of drug-likeness (QED) is 0.461. The fourth-order valence-corrected chi connectivity index (χ4v) is 7.91. The molecule has 0 aromatic heterocycles. The first-order chi connectivity index (χ1) is 15.8. The second-order valence-electron chi connectivity index (χ2n) is 10.9. The van der Waals surface area contributed by atoms with E-state index >= 15 is 0 Å². The van der Waals surface area contributed by atoms with Crippen molar-refractivity contribution < 1.29 is 9.59 Å². The van der Waals surface area contributed by atoms with E-state index in [1.807, 2.05) is 25.1 Å². The molecule has 0 heterocycles. The summed E-state index contributed by atoms with van der Waals surface area (Å²) in [5.74, 6) is 8.71. The van der Waals surface area contributed by atoms with E-state index in [1.54, 1.807) is 12.5 Å². The number of anilines is 1. The summed E-state index contributed by atoms with van der Waals surface area (Å²) >= 11 is 0. The SMILES string of the molecule is CC#CCC1C[C@@H]2C(=C3CCC(=O)C=C31)[C@@H](c1ccc(N)cc1)C[C@]1(C)[C@@H](C(C)=O)CC[C@@H]21. The van der Waals surface area contributed by atoms with Crippen molar-refractivity contribution in [3.05, 3.63) is 52.6 Å². The molecule has 1 aromatic rings. The summed E-state index contributed by atoms with van der Waals surface area (Å²) in [6, 6.07) is 8.37. The summed E-state index contributed by atoms with van der Waals surface area (Å²) in [6.07, 6.45) is 8.38. The molecule has 1 aromatic carbocycles. The molecule has 33 heavy (non-hydrogen) atoms. The van der Waals surface area contributed by atoms with Crippen LogP contribution in [-0.2, 0) is 9.59 Å². The number of fused-ring (bicyclic) bond motifs is 4. The van der Waals surface area contributed by atoms with E-state index in [-0.39, 0.29) is 23.0 Å². The van der Waals surface area contributed by atoms with Crippen molar-refractivity contribution in [2.24, 2.45) is 29.1 Å². The molecule has 3 heteroatoms. The first-order valence-corrected chi connectivity index (χ1v) is 12.6. The maximum atomic E-state index is 12.7. The molecule has 0 spiro atoms. The van der Waals surface area contributed by atoms with Crippen molar-refractivity contribution in [1.29, 1.82) is 0 Å². The first kappa shape index (κ1) is 22.2. The van der Waals surface area contributed by atoms with Crippen molar-refractivity contribution in [1.82, 2.24) is 0 Å². The predicted octanol–water partition coefficient (Wildman–Crippen LogP) is 6.01. The van der Waals surface area contributed by atoms with Gasteiger partial charge < -0.3 is 5.73 Å². The Bertz CT molecular complexity index is 1110. The van der Waals surface area contributed by atoms with Gasteiger partial charge in [0.25, 0.3) is 0 Å². The average Bonchev–Trinajstić information content (AvgIpc) is 3.14. The van der Waals surface area contributed by atoms with Gasteiger partial charge in [-0.3, -0.25) is 9.59 Å². The fraction of sp³-hybridized carbons (Fsp3) is 0.533. The maximum Gasteiger partial charge on any atom is 0.156 e. The van der Waals surface area contributed by atoms with E-state index in [1.165, 1.54) is 16.7 Å². The number of Topliss-reactive ketones (excluding diaryl/α,β-unsaturated/α-hetero) is 1. The minimum atomic E-state index is 0.0132. The largest absolute Gasteiger partial charge is 0.399 e. The monoisotopic (exact) mass is 441 g/mol. The average molecular weight is 442 g/mol. The molecule has 0 saturated heterocycles. The first-order valence-electron chi connectivity index (χ1n) is 12.6. The minimum Gasteiger partial charge on any atom is -0.399 e. The van der Waals surface area contributed by atoms with Crippen molar-refractivity contribution in [2.75, 3.05) is 5.73 Å². The highest BCUT2D eigenvalue weighted by Crippen LogP contribution is 2.66. The molecule has 4 aliphatic rings. The fourth-order valence-electron chi connectivity index (χ4n) is 7.91. The van der Waals surface area contributed by atoms with Crippen LogP contribution in [0, 0.1) is 40.9 Å². The Morgan fingerprint density at radius 3 is 2.64 bits per heavy atom. The Morgan fingerprint density at radius 1 is 1.18 bits per heavy atom. The molecule has 0 radical (unpaired) electrons. The predicted molar refractivity (Wildman–Crippen MR) is 132 cm³/mol. The zero-order valence-corrected chi connectivity index (χ0v) is 20.1. The van der Waals surface area contributed by atoms with E-state index in [4.69, 9.17) is 5.73 Å². The zero-order chi connectivity index (χ0) is 23.3. The number of allylic oxidation sites excluding steroid dienone is 4. The molecule has 0 bridgehead atoms. The molecule has 4 aliphatic carbocycles. The highest BCUT2D eigenvalue weighted by atomic mass is 16.1. The molecule has 1 unspecified atom stereocenters. The molecule has 0 amide bonds. The van der Waals surface area contributed by atoms with Crippen LogP contribution >= 0.6 is 0 Å². The van der Waals surface area contributed by atoms with Gasteiger partial charge in [-0.2, -0.15) is 0 Å². The number of carbonyl (C=O) groups is 2. The molecular formula is C30H35NO2. The second-order valence-corrected chi connectivity index (χ2v) is 10.9. The van der Waals surface area contributed by atoms with Gasteiger partial charge in [-0.05, 0) is 104 Å². The summed E-state index contributed by atoms with van der Waals surface area (Å²) in [6.45, 7) is 6.08. The zero-order valence-electron chi connectivity index (χ0n) is 20.1. The third kappa shape index (κ3) is 3.59. The smallest absolute Gasteiger partial charge is 0.156 e. The van der Waals surface area contributed by atoms with Gasteiger partial charge in [0.15, 0.2) is 5.78 Å². The number of hydrogen-bond acceptors (Lipinski definition) is 3. The lowest BCUT2D eigenvalue weighted by Gasteiger charge is -2.53. The van der Waals surface area contributed by atoms with Crippen LogP contribution in [0.15, 0.2) is 47.1 Å². The highest BCUT2D eigenvalue weighted by molar-refractivity contribution is 5.93. The number of carbonyl (C=O) groups excluding carboxylic acids is 2. The second kappa shape index (κ2) is 8.32. The Morgan fingerprint density at radius 2 is 1.94 bits per heavy atom. The molecule has 2 N–H and O–H groups in total. The van der Waals surface area contributed by atoms with Crippen LogP contribution in [-0.4, -0.2) is 11.6 Å². The standard InChI is InChI=1S/C30H35NO2/c1-4-5-6-20-15-25-28-14-13-27(18(2)32)30(28,3)17-26(19-7-9-21(31)10-8-19)29(25)23-12-11-22(33)16-24(20)23/h7-10,16,20,25-28H,6,11-15,17,31H2,1-3H3/t20?,25-,26+,27+,28-,30+/m0/s1. The topological polar surface area (TPSA) is 60.2 Å². The minimum absolute atomic E-state index is 0.0132. The normalized spacial score (nSPS) is 35.1. The highest BCUT2D eigenvalue weighted by Gasteiger charge is 2.58. The summed E-state index contributed by atoms with van der Waals surface area (Å²) in [4.78, 5) is 25.2. The molecule has 0 aliphatic heterocycles. The van der Waals surface area contributed by atoms with Crippen molar-refractivity contribution >= 4 is 17.3 Å². The Kier molecular flexibility index (Phi) is 5.60. The van der Waals surface area contributed by atoms with Gasteiger partial charge in [-0.1, -0.05) is 24.6 Å². The van der Waals surface area contributed by atoms with E-state index in [2.05, 4.69) is 30.9 Å². The number of ketones is 2. The molecule has 2 fully saturated rings. The summed E-state index contributed by atoms with van der Waals surface area (Å²) in [5, 5.41) is 0. The molecule has 172 valence electrons. The third-order valence-corrected chi connectivity index (χ3v) is 9.28. The summed E-state index contributed by atoms with van der Waals surface area (Å²) in [7, 11) is 0. The van der Waals surface area contributed by atoms with Crippen molar-refractivity contribution in [3.63, 3.8) is 0 Å². The summed E-state index contributed by atoms with van der Waals surface area (Å²) in [5.41, 5.74) is 12.4. The molecule has 5 rings (SSSR count). The van der Waals surface area contributed by atoms with E-state index in [0.29, 0.717) is 30.0 Å².